The van der Waals surface area contributed by atoms with Crippen LogP contribution in [0.25, 0.3) is 0 Å². The molecule has 80 valence electrons. The predicted molar refractivity (Wildman–Crippen MR) is 54.1 cm³/mol. The molecule has 2 rings (SSSR count). The number of rotatable bonds is 2. The maximum atomic E-state index is 11.8. The van der Waals surface area contributed by atoms with E-state index in [1.54, 1.807) is 6.07 Å². The van der Waals surface area contributed by atoms with Crippen LogP contribution in [0.15, 0.2) is 11.4 Å². The minimum Gasteiger partial charge on any atom is -0.479 e. The summed E-state index contributed by atoms with van der Waals surface area (Å²) in [5.41, 5.74) is 0.580. The summed E-state index contributed by atoms with van der Waals surface area (Å²) < 4.78 is 0. The Labute approximate surface area is 90.2 Å². The second-order valence-corrected chi connectivity index (χ2v) is 4.55. The molecular formula is C10H10O4S. The first-order chi connectivity index (χ1) is 7.11. The Balaban J connectivity index is 2.27. The van der Waals surface area contributed by atoms with Crippen molar-refractivity contribution < 1.29 is 19.8 Å². The molecule has 0 unspecified atom stereocenters. The van der Waals surface area contributed by atoms with Crippen molar-refractivity contribution in [3.8, 4) is 0 Å². The number of ketones is 1. The van der Waals surface area contributed by atoms with Crippen LogP contribution in [0.1, 0.15) is 21.7 Å². The van der Waals surface area contributed by atoms with Crippen LogP contribution in [0.2, 0.25) is 0 Å². The summed E-state index contributed by atoms with van der Waals surface area (Å²) in [4.78, 5) is 23.4. The van der Waals surface area contributed by atoms with E-state index in [-0.39, 0.29) is 5.78 Å². The number of hydrogen-bond acceptors (Lipinski definition) is 4. The number of thiophene rings is 1. The first kappa shape index (κ1) is 10.3. The van der Waals surface area contributed by atoms with Crippen molar-refractivity contribution in [2.75, 3.05) is 0 Å². The van der Waals surface area contributed by atoms with E-state index in [2.05, 4.69) is 0 Å². The molecular weight excluding hydrogens is 216 g/mol. The molecule has 0 bridgehead atoms. The highest BCUT2D eigenvalue weighted by Gasteiger charge is 2.36. The minimum atomic E-state index is -1.58. The van der Waals surface area contributed by atoms with Crippen LogP contribution in [0.4, 0.5) is 0 Å². The zero-order chi connectivity index (χ0) is 11.0. The number of Topliss-reactive ketones (excluding diaryl/α,β-unsaturated/α-hetero) is 1. The van der Waals surface area contributed by atoms with Crippen LogP contribution in [0, 0.1) is 5.92 Å². The second kappa shape index (κ2) is 3.75. The highest BCUT2D eigenvalue weighted by molar-refractivity contribution is 7.10. The third kappa shape index (κ3) is 1.68. The van der Waals surface area contributed by atoms with Crippen LogP contribution < -0.4 is 0 Å². The molecule has 2 atom stereocenters. The summed E-state index contributed by atoms with van der Waals surface area (Å²) in [5.74, 6) is -2.36. The zero-order valence-corrected chi connectivity index (χ0v) is 8.66. The summed E-state index contributed by atoms with van der Waals surface area (Å²) in [6.45, 7) is 0. The number of carboxylic acids is 1. The fourth-order valence-electron chi connectivity index (χ4n) is 1.84. The molecule has 0 spiro atoms. The summed E-state index contributed by atoms with van der Waals surface area (Å²) in [6.07, 6.45) is -0.487. The molecule has 5 heteroatoms. The molecule has 2 N–H and O–H groups in total. The Hall–Kier alpha value is -1.20. The van der Waals surface area contributed by atoms with E-state index < -0.39 is 18.0 Å². The van der Waals surface area contributed by atoms with Gasteiger partial charge in [-0.2, -0.15) is 0 Å². The molecule has 0 saturated carbocycles. The van der Waals surface area contributed by atoms with Crippen LogP contribution in [0.3, 0.4) is 0 Å². The van der Waals surface area contributed by atoms with Crippen molar-refractivity contribution >= 4 is 23.1 Å². The van der Waals surface area contributed by atoms with E-state index in [4.69, 9.17) is 5.11 Å². The standard InChI is InChI=1S/C10H10O4S/c11-8-5-3-4-15-7(5)2-1-6(8)9(12)10(13)14/h3-4,6,9,12H,1-2H2,(H,13,14)/t6-,9+/m0/s1. The molecule has 0 amide bonds. The number of carbonyl (C=O) groups is 2. The first-order valence-electron chi connectivity index (χ1n) is 4.62. The predicted octanol–water partition coefficient (Wildman–Crippen LogP) is 0.939. The van der Waals surface area contributed by atoms with Gasteiger partial charge in [0.2, 0.25) is 0 Å². The van der Waals surface area contributed by atoms with Crippen LogP contribution in [-0.2, 0) is 11.2 Å². The Morgan fingerprint density at radius 2 is 2.33 bits per heavy atom. The van der Waals surface area contributed by atoms with Crippen molar-refractivity contribution in [2.45, 2.75) is 18.9 Å². The van der Waals surface area contributed by atoms with Gasteiger partial charge < -0.3 is 10.2 Å². The summed E-state index contributed by atoms with van der Waals surface area (Å²) >= 11 is 1.50. The molecule has 0 radical (unpaired) electrons. The largest absolute Gasteiger partial charge is 0.479 e. The van der Waals surface area contributed by atoms with Crippen LogP contribution >= 0.6 is 11.3 Å². The number of aliphatic hydroxyl groups is 1. The Bertz CT molecular complexity index is 409. The summed E-state index contributed by atoms with van der Waals surface area (Å²) in [5, 5.41) is 19.8. The fraction of sp³-hybridized carbons (Fsp3) is 0.400. The minimum absolute atomic E-state index is 0.243. The van der Waals surface area contributed by atoms with Gasteiger partial charge in [-0.1, -0.05) is 0 Å². The van der Waals surface area contributed by atoms with Crippen molar-refractivity contribution in [3.05, 3.63) is 21.9 Å². The topological polar surface area (TPSA) is 74.6 Å². The molecule has 1 aromatic rings. The van der Waals surface area contributed by atoms with Gasteiger partial charge in [-0.25, -0.2) is 4.79 Å². The number of hydrogen-bond donors (Lipinski definition) is 2. The Kier molecular flexibility index (Phi) is 2.58. The first-order valence-corrected chi connectivity index (χ1v) is 5.50. The van der Waals surface area contributed by atoms with Gasteiger partial charge >= 0.3 is 5.97 Å². The van der Waals surface area contributed by atoms with Crippen molar-refractivity contribution in [1.29, 1.82) is 0 Å². The lowest BCUT2D eigenvalue weighted by atomic mass is 9.83. The molecule has 1 aliphatic carbocycles. The Morgan fingerprint density at radius 3 is 3.00 bits per heavy atom. The van der Waals surface area contributed by atoms with E-state index in [1.807, 2.05) is 5.38 Å². The molecule has 0 aromatic carbocycles. The molecule has 0 saturated heterocycles. The smallest absolute Gasteiger partial charge is 0.333 e. The number of fused-ring (bicyclic) bond motifs is 1. The van der Waals surface area contributed by atoms with Gasteiger partial charge in [0, 0.05) is 10.4 Å². The number of aliphatic hydroxyl groups excluding tert-OH is 1. The van der Waals surface area contributed by atoms with Crippen molar-refractivity contribution in [1.82, 2.24) is 0 Å². The highest BCUT2D eigenvalue weighted by atomic mass is 32.1. The molecule has 15 heavy (non-hydrogen) atoms. The van der Waals surface area contributed by atoms with Gasteiger partial charge in [0.25, 0.3) is 0 Å². The zero-order valence-electron chi connectivity index (χ0n) is 7.84. The van der Waals surface area contributed by atoms with E-state index in [0.717, 1.165) is 4.88 Å². The maximum Gasteiger partial charge on any atom is 0.333 e. The van der Waals surface area contributed by atoms with Gasteiger partial charge in [-0.05, 0) is 24.3 Å². The summed E-state index contributed by atoms with van der Waals surface area (Å²) in [6, 6.07) is 1.70. The molecule has 1 aliphatic rings. The second-order valence-electron chi connectivity index (χ2n) is 3.55. The molecule has 0 fully saturated rings. The molecule has 1 heterocycles. The van der Waals surface area contributed by atoms with E-state index in [9.17, 15) is 14.7 Å². The maximum absolute atomic E-state index is 11.8. The van der Waals surface area contributed by atoms with Gasteiger partial charge in [0.05, 0.1) is 5.92 Å². The monoisotopic (exact) mass is 226 g/mol. The van der Waals surface area contributed by atoms with Crippen molar-refractivity contribution in [2.24, 2.45) is 5.92 Å². The van der Waals surface area contributed by atoms with Crippen LogP contribution in [-0.4, -0.2) is 28.1 Å². The van der Waals surface area contributed by atoms with E-state index in [0.29, 0.717) is 18.4 Å². The lowest BCUT2D eigenvalue weighted by Gasteiger charge is -2.22. The normalized spacial score (nSPS) is 22.2. The third-order valence-electron chi connectivity index (χ3n) is 2.66. The number of aryl methyl sites for hydroxylation is 1. The fourth-order valence-corrected chi connectivity index (χ4v) is 2.74. The molecule has 4 nitrogen and oxygen atoms in total. The van der Waals surface area contributed by atoms with E-state index >= 15 is 0 Å². The number of carbonyl (C=O) groups excluding carboxylic acids is 1. The quantitative estimate of drug-likeness (QED) is 0.787. The average molecular weight is 226 g/mol. The van der Waals surface area contributed by atoms with Crippen molar-refractivity contribution in [3.63, 3.8) is 0 Å². The number of carboxylic acid groups (broad SMARTS) is 1. The molecule has 0 aliphatic heterocycles. The lowest BCUT2D eigenvalue weighted by Crippen LogP contribution is -2.37. The van der Waals surface area contributed by atoms with Gasteiger partial charge in [-0.15, -0.1) is 11.3 Å². The van der Waals surface area contributed by atoms with Gasteiger partial charge in [-0.3, -0.25) is 4.79 Å². The Morgan fingerprint density at radius 1 is 1.60 bits per heavy atom. The van der Waals surface area contributed by atoms with Gasteiger partial charge in [0.1, 0.15) is 0 Å². The van der Waals surface area contributed by atoms with Gasteiger partial charge in [0.15, 0.2) is 11.9 Å². The van der Waals surface area contributed by atoms with Crippen LogP contribution in [0.5, 0.6) is 0 Å². The molecule has 1 aromatic heterocycles. The highest BCUT2D eigenvalue weighted by Crippen LogP contribution is 2.31. The SMILES string of the molecule is O=C(O)[C@H](O)[C@H]1CCc2sccc2C1=O. The number of aliphatic carboxylic acids is 1. The third-order valence-corrected chi connectivity index (χ3v) is 3.64. The van der Waals surface area contributed by atoms with E-state index in [1.165, 1.54) is 11.3 Å². The summed E-state index contributed by atoms with van der Waals surface area (Å²) in [7, 11) is 0. The average Bonchev–Trinajstić information content (AvgIpc) is 2.66. The lowest BCUT2D eigenvalue weighted by molar-refractivity contribution is -0.148.